The molecule has 216 valence electrons. The molecule has 9 nitrogen and oxygen atoms in total. The fourth-order valence-corrected chi connectivity index (χ4v) is 5.35. The van der Waals surface area contributed by atoms with Gasteiger partial charge in [-0.2, -0.15) is 0 Å². The van der Waals surface area contributed by atoms with Crippen LogP contribution in [-0.4, -0.2) is 51.5 Å². The third-order valence-corrected chi connectivity index (χ3v) is 7.99. The number of carbonyl (C=O) groups excluding carboxylic acids is 1. The van der Waals surface area contributed by atoms with Gasteiger partial charge in [0, 0.05) is 24.0 Å². The van der Waals surface area contributed by atoms with Gasteiger partial charge in [-0.3, -0.25) is 14.7 Å². The third kappa shape index (κ3) is 6.48. The Morgan fingerprint density at radius 2 is 2.00 bits per heavy atom. The molecule has 2 aliphatic rings. The molecule has 1 unspecified atom stereocenters. The maximum absolute atomic E-state index is 13.0. The molecule has 1 aliphatic heterocycles. The number of nitrogens with zero attached hydrogens (tertiary/aromatic N) is 4. The molecule has 4 aromatic rings. The predicted octanol–water partition coefficient (Wildman–Crippen LogP) is 6.52. The van der Waals surface area contributed by atoms with Crippen LogP contribution in [-0.2, 0) is 11.4 Å². The largest absolute Gasteiger partial charge is 0.487 e. The Morgan fingerprint density at radius 1 is 1.10 bits per heavy atom. The summed E-state index contributed by atoms with van der Waals surface area (Å²) in [6.45, 7) is 1.36. The first-order valence-electron chi connectivity index (χ1n) is 14.3. The zero-order valence-corrected chi connectivity index (χ0v) is 24.2. The van der Waals surface area contributed by atoms with Crippen molar-refractivity contribution in [2.45, 2.75) is 50.9 Å². The van der Waals surface area contributed by atoms with Crippen LogP contribution in [0.1, 0.15) is 37.8 Å². The first kappa shape index (κ1) is 27.9. The lowest BCUT2D eigenvalue weighted by Gasteiger charge is -2.28. The second kappa shape index (κ2) is 12.8. The zero-order valence-electron chi connectivity index (χ0n) is 23.4. The highest BCUT2D eigenvalue weighted by Crippen LogP contribution is 2.41. The molecule has 1 amide bonds. The van der Waals surface area contributed by atoms with Gasteiger partial charge in [0.1, 0.15) is 24.5 Å². The summed E-state index contributed by atoms with van der Waals surface area (Å²) in [7, 11) is 2.08. The first-order chi connectivity index (χ1) is 20.5. The van der Waals surface area contributed by atoms with Crippen LogP contribution in [0.4, 0.5) is 17.2 Å². The zero-order chi connectivity index (χ0) is 28.9. The molecule has 2 aromatic heterocycles. The maximum atomic E-state index is 13.0. The number of hydrogen-bond acceptors (Lipinski definition) is 8. The Bertz CT molecular complexity index is 1590. The predicted molar refractivity (Wildman–Crippen MR) is 165 cm³/mol. The smallest absolute Gasteiger partial charge is 0.248 e. The van der Waals surface area contributed by atoms with Gasteiger partial charge in [-0.15, -0.1) is 0 Å². The van der Waals surface area contributed by atoms with E-state index in [1.54, 1.807) is 18.3 Å². The van der Waals surface area contributed by atoms with Crippen molar-refractivity contribution in [3.05, 3.63) is 83.9 Å². The Kier molecular flexibility index (Phi) is 8.48. The molecule has 6 rings (SSSR count). The van der Waals surface area contributed by atoms with Gasteiger partial charge in [0.05, 0.1) is 33.4 Å². The van der Waals surface area contributed by atoms with E-state index in [-0.39, 0.29) is 18.1 Å². The van der Waals surface area contributed by atoms with Crippen LogP contribution in [0.2, 0.25) is 5.02 Å². The second-order valence-corrected chi connectivity index (χ2v) is 11.1. The lowest BCUT2D eigenvalue weighted by atomic mass is 9.96. The number of fused-ring (bicyclic) bond motifs is 1. The monoisotopic (exact) mass is 584 g/mol. The van der Waals surface area contributed by atoms with Crippen LogP contribution in [0.25, 0.3) is 10.9 Å². The molecule has 10 heteroatoms. The summed E-state index contributed by atoms with van der Waals surface area (Å²) in [5, 5.41) is 7.55. The van der Waals surface area contributed by atoms with E-state index in [1.165, 1.54) is 6.33 Å². The number of nitrogens with one attached hydrogen (secondary N) is 2. The van der Waals surface area contributed by atoms with Gasteiger partial charge in [0.25, 0.3) is 0 Å². The van der Waals surface area contributed by atoms with Gasteiger partial charge >= 0.3 is 0 Å². The SMILES string of the molecule is CN1CCCC1C=CC(=O)Nc1ccc2ncnc(Nc3ccc(OCc4ccccn4)c(Cl)c3)c2c1OC1CCC1. The van der Waals surface area contributed by atoms with E-state index in [4.69, 9.17) is 21.1 Å². The molecule has 2 fully saturated rings. The molecule has 0 radical (unpaired) electrons. The molecule has 0 bridgehead atoms. The van der Waals surface area contributed by atoms with Crippen LogP contribution in [0.5, 0.6) is 11.5 Å². The van der Waals surface area contributed by atoms with Crippen molar-refractivity contribution >= 4 is 45.6 Å². The quantitative estimate of drug-likeness (QED) is 0.203. The summed E-state index contributed by atoms with van der Waals surface area (Å²) >= 11 is 6.58. The number of carbonyl (C=O) groups is 1. The summed E-state index contributed by atoms with van der Waals surface area (Å²) in [6, 6.07) is 15.1. The summed E-state index contributed by atoms with van der Waals surface area (Å²) in [6.07, 6.45) is 12.1. The van der Waals surface area contributed by atoms with E-state index < -0.39 is 0 Å². The van der Waals surface area contributed by atoms with Crippen LogP contribution in [0, 0.1) is 0 Å². The fourth-order valence-electron chi connectivity index (χ4n) is 5.11. The number of hydrogen-bond donors (Lipinski definition) is 2. The molecule has 3 heterocycles. The molecule has 42 heavy (non-hydrogen) atoms. The lowest BCUT2D eigenvalue weighted by molar-refractivity contribution is -0.112. The Hall–Kier alpha value is -4.21. The van der Waals surface area contributed by atoms with Crippen molar-refractivity contribution in [2.75, 3.05) is 24.2 Å². The normalized spacial score (nSPS) is 17.3. The fraction of sp³-hybridized carbons (Fsp3) is 0.312. The van der Waals surface area contributed by atoms with E-state index in [0.29, 0.717) is 45.5 Å². The Labute approximate surface area is 249 Å². The molecule has 1 saturated heterocycles. The summed E-state index contributed by atoms with van der Waals surface area (Å²) in [4.78, 5) is 28.5. The van der Waals surface area contributed by atoms with Crippen molar-refractivity contribution in [2.24, 2.45) is 0 Å². The average Bonchev–Trinajstić information content (AvgIpc) is 3.39. The van der Waals surface area contributed by atoms with Crippen LogP contribution >= 0.6 is 11.6 Å². The Morgan fingerprint density at radius 3 is 2.74 bits per heavy atom. The molecule has 2 aromatic carbocycles. The molecule has 1 aliphatic carbocycles. The molecule has 0 spiro atoms. The average molecular weight is 585 g/mol. The van der Waals surface area contributed by atoms with Gasteiger partial charge in [-0.25, -0.2) is 9.97 Å². The van der Waals surface area contributed by atoms with E-state index in [2.05, 4.69) is 37.5 Å². The minimum atomic E-state index is -0.201. The standard InChI is InChI=1S/C32H33ClN6O3/c1-39-17-5-7-23(39)11-15-29(40)38-27-13-12-26-30(31(27)42-24-8-4-9-24)32(36-20-35-26)37-21-10-14-28(25(33)18-21)41-19-22-6-2-3-16-34-22/h2-3,6,10-16,18,20,23-24H,4-5,7-9,17,19H2,1H3,(H,38,40)(H,35,36,37). The van der Waals surface area contributed by atoms with Crippen LogP contribution in [0.3, 0.4) is 0 Å². The first-order valence-corrected chi connectivity index (χ1v) is 14.6. The van der Waals surface area contributed by atoms with Crippen molar-refractivity contribution in [3.8, 4) is 11.5 Å². The number of likely N-dealkylation sites (N-methyl/N-ethyl adjacent to an activating group) is 1. The minimum absolute atomic E-state index is 0.0759. The number of amides is 1. The van der Waals surface area contributed by atoms with Crippen molar-refractivity contribution in [1.29, 1.82) is 0 Å². The summed E-state index contributed by atoms with van der Waals surface area (Å²) in [5.74, 6) is 1.46. The number of anilines is 3. The Balaban J connectivity index is 1.26. The molecule has 1 atom stereocenters. The number of benzene rings is 2. The molecule has 1 saturated carbocycles. The number of aromatic nitrogens is 3. The number of rotatable bonds is 10. The van der Waals surface area contributed by atoms with Gasteiger partial charge in [0.15, 0.2) is 5.75 Å². The van der Waals surface area contributed by atoms with E-state index >= 15 is 0 Å². The summed E-state index contributed by atoms with van der Waals surface area (Å²) in [5.41, 5.74) is 2.81. The van der Waals surface area contributed by atoms with E-state index in [0.717, 1.165) is 50.0 Å². The highest BCUT2D eigenvalue weighted by molar-refractivity contribution is 6.32. The van der Waals surface area contributed by atoms with Gasteiger partial charge < -0.3 is 20.1 Å². The number of likely N-dealkylation sites (tertiary alicyclic amines) is 1. The number of pyridine rings is 1. The van der Waals surface area contributed by atoms with E-state index in [9.17, 15) is 4.79 Å². The van der Waals surface area contributed by atoms with Gasteiger partial charge in [0.2, 0.25) is 5.91 Å². The maximum Gasteiger partial charge on any atom is 0.248 e. The summed E-state index contributed by atoms with van der Waals surface area (Å²) < 4.78 is 12.3. The van der Waals surface area contributed by atoms with Crippen molar-refractivity contribution in [1.82, 2.24) is 19.9 Å². The van der Waals surface area contributed by atoms with Gasteiger partial charge in [-0.1, -0.05) is 23.7 Å². The third-order valence-electron chi connectivity index (χ3n) is 7.69. The topological polar surface area (TPSA) is 102 Å². The highest BCUT2D eigenvalue weighted by atomic mass is 35.5. The van der Waals surface area contributed by atoms with Crippen molar-refractivity contribution < 1.29 is 14.3 Å². The van der Waals surface area contributed by atoms with Gasteiger partial charge in [-0.05, 0) is 88.2 Å². The highest BCUT2D eigenvalue weighted by Gasteiger charge is 2.24. The number of halogens is 1. The second-order valence-electron chi connectivity index (χ2n) is 10.6. The van der Waals surface area contributed by atoms with Crippen molar-refractivity contribution in [3.63, 3.8) is 0 Å². The van der Waals surface area contributed by atoms with Crippen LogP contribution < -0.4 is 20.1 Å². The molecule has 2 N–H and O–H groups in total. The molecular weight excluding hydrogens is 552 g/mol. The van der Waals surface area contributed by atoms with E-state index in [1.807, 2.05) is 48.5 Å². The number of ether oxygens (including phenoxy) is 2. The lowest BCUT2D eigenvalue weighted by Crippen LogP contribution is -2.25. The molecular formula is C32H33ClN6O3. The minimum Gasteiger partial charge on any atom is -0.487 e. The van der Waals surface area contributed by atoms with Crippen LogP contribution in [0.15, 0.2) is 73.2 Å².